The van der Waals surface area contributed by atoms with Gasteiger partial charge in [0, 0.05) is 23.2 Å². The zero-order chi connectivity index (χ0) is 15.5. The standard InChI is InChI=1S/C18H18ClNO2/c1-22-13-8-9-17-15(12-13)18(21)14-6-2-3-7-16(14)20(17)11-5-4-10-19/h2-3,6-9,12H,4-5,10-11H2,1H3. The molecule has 0 fully saturated rings. The number of methoxy groups -OCH3 is 1. The van der Waals surface area contributed by atoms with Gasteiger partial charge in [0.1, 0.15) is 5.75 Å². The van der Waals surface area contributed by atoms with E-state index in [2.05, 4.69) is 4.57 Å². The first kappa shape index (κ1) is 14.9. The molecule has 3 aromatic rings. The fourth-order valence-electron chi connectivity index (χ4n) is 2.84. The van der Waals surface area contributed by atoms with E-state index in [9.17, 15) is 4.79 Å². The topological polar surface area (TPSA) is 31.2 Å². The quantitative estimate of drug-likeness (QED) is 0.402. The number of aromatic nitrogens is 1. The molecule has 1 heterocycles. The third kappa shape index (κ3) is 2.57. The SMILES string of the molecule is COc1ccc2c(c1)c(=O)c1ccccc1n2CCCCCl. The molecule has 1 aromatic heterocycles. The van der Waals surface area contributed by atoms with Crippen molar-refractivity contribution in [1.82, 2.24) is 4.57 Å². The summed E-state index contributed by atoms with van der Waals surface area (Å²) in [5.74, 6) is 1.36. The third-order valence-electron chi connectivity index (χ3n) is 3.94. The first-order valence-corrected chi connectivity index (χ1v) is 7.95. The average Bonchev–Trinajstić information content (AvgIpc) is 2.57. The van der Waals surface area contributed by atoms with Gasteiger partial charge in [-0.05, 0) is 43.2 Å². The molecule has 0 saturated heterocycles. The van der Waals surface area contributed by atoms with E-state index in [1.54, 1.807) is 7.11 Å². The van der Waals surface area contributed by atoms with E-state index in [0.717, 1.165) is 35.8 Å². The molecule has 3 rings (SSSR count). The van der Waals surface area contributed by atoms with Gasteiger partial charge in [0.15, 0.2) is 5.43 Å². The normalized spacial score (nSPS) is 11.2. The summed E-state index contributed by atoms with van der Waals surface area (Å²) >= 11 is 5.79. The van der Waals surface area contributed by atoms with Crippen molar-refractivity contribution < 1.29 is 4.74 Å². The number of ether oxygens (including phenoxy) is 1. The van der Waals surface area contributed by atoms with Crippen LogP contribution in [0.15, 0.2) is 47.3 Å². The second kappa shape index (κ2) is 6.41. The van der Waals surface area contributed by atoms with Crippen LogP contribution in [0.4, 0.5) is 0 Å². The highest BCUT2D eigenvalue weighted by Gasteiger charge is 2.11. The first-order valence-electron chi connectivity index (χ1n) is 7.41. The molecule has 22 heavy (non-hydrogen) atoms. The van der Waals surface area contributed by atoms with Crippen molar-refractivity contribution >= 4 is 33.4 Å². The summed E-state index contributed by atoms with van der Waals surface area (Å²) in [4.78, 5) is 12.7. The van der Waals surface area contributed by atoms with Gasteiger partial charge in [0.05, 0.1) is 18.1 Å². The molecule has 0 aliphatic rings. The third-order valence-corrected chi connectivity index (χ3v) is 4.21. The maximum Gasteiger partial charge on any atom is 0.197 e. The van der Waals surface area contributed by atoms with Crippen LogP contribution < -0.4 is 10.2 Å². The monoisotopic (exact) mass is 315 g/mol. The van der Waals surface area contributed by atoms with Gasteiger partial charge in [-0.15, -0.1) is 11.6 Å². The molecular formula is C18H18ClNO2. The number of halogens is 1. The van der Waals surface area contributed by atoms with Crippen molar-refractivity contribution in [3.63, 3.8) is 0 Å². The van der Waals surface area contributed by atoms with Crippen LogP contribution in [-0.2, 0) is 6.54 Å². The lowest BCUT2D eigenvalue weighted by atomic mass is 10.1. The lowest BCUT2D eigenvalue weighted by Gasteiger charge is -2.15. The van der Waals surface area contributed by atoms with Crippen LogP contribution >= 0.6 is 11.6 Å². The molecule has 0 unspecified atom stereocenters. The van der Waals surface area contributed by atoms with Crippen molar-refractivity contribution in [1.29, 1.82) is 0 Å². The van der Waals surface area contributed by atoms with Crippen molar-refractivity contribution in [3.05, 3.63) is 52.7 Å². The Morgan fingerprint density at radius 2 is 1.82 bits per heavy atom. The predicted molar refractivity (Wildman–Crippen MR) is 92.2 cm³/mol. The molecule has 0 saturated carbocycles. The van der Waals surface area contributed by atoms with Crippen LogP contribution in [0.5, 0.6) is 5.75 Å². The minimum absolute atomic E-state index is 0.0538. The molecule has 0 bridgehead atoms. The number of pyridine rings is 1. The molecule has 0 N–H and O–H groups in total. The van der Waals surface area contributed by atoms with Gasteiger partial charge in [0.25, 0.3) is 0 Å². The lowest BCUT2D eigenvalue weighted by molar-refractivity contribution is 0.415. The van der Waals surface area contributed by atoms with Gasteiger partial charge < -0.3 is 9.30 Å². The number of aryl methyl sites for hydroxylation is 1. The Labute approximate surface area is 134 Å². The van der Waals surface area contributed by atoms with E-state index in [1.807, 2.05) is 42.5 Å². The summed E-state index contributed by atoms with van der Waals surface area (Å²) in [6, 6.07) is 13.4. The first-order chi connectivity index (χ1) is 10.8. The van der Waals surface area contributed by atoms with Gasteiger partial charge in [-0.3, -0.25) is 4.79 Å². The van der Waals surface area contributed by atoms with Crippen LogP contribution in [0, 0.1) is 0 Å². The van der Waals surface area contributed by atoms with Gasteiger partial charge >= 0.3 is 0 Å². The summed E-state index contributed by atoms with van der Waals surface area (Å²) in [6.07, 6.45) is 1.94. The molecule has 0 radical (unpaired) electrons. The molecule has 0 atom stereocenters. The Bertz CT molecular complexity index is 870. The predicted octanol–water partition coefficient (Wildman–Crippen LogP) is 4.18. The Hall–Kier alpha value is -2.00. The molecule has 114 valence electrons. The zero-order valence-electron chi connectivity index (χ0n) is 12.5. The summed E-state index contributed by atoms with van der Waals surface area (Å²) < 4.78 is 7.47. The number of rotatable bonds is 5. The Balaban J connectivity index is 2.31. The molecule has 0 spiro atoms. The smallest absolute Gasteiger partial charge is 0.197 e. The lowest BCUT2D eigenvalue weighted by Crippen LogP contribution is -2.12. The maximum atomic E-state index is 12.7. The molecule has 0 amide bonds. The largest absolute Gasteiger partial charge is 0.497 e. The minimum atomic E-state index is 0.0538. The Morgan fingerprint density at radius 1 is 1.05 bits per heavy atom. The number of unbranched alkanes of at least 4 members (excludes halogenated alkanes) is 1. The highest BCUT2D eigenvalue weighted by atomic mass is 35.5. The minimum Gasteiger partial charge on any atom is -0.497 e. The van der Waals surface area contributed by atoms with Gasteiger partial charge in [0.2, 0.25) is 0 Å². The number of hydrogen-bond donors (Lipinski definition) is 0. The molecule has 0 aliphatic carbocycles. The van der Waals surface area contributed by atoms with E-state index in [-0.39, 0.29) is 5.43 Å². The second-order valence-electron chi connectivity index (χ2n) is 5.28. The zero-order valence-corrected chi connectivity index (χ0v) is 13.3. The number of hydrogen-bond acceptors (Lipinski definition) is 2. The Morgan fingerprint density at radius 3 is 2.59 bits per heavy atom. The van der Waals surface area contributed by atoms with Crippen LogP contribution in [0.1, 0.15) is 12.8 Å². The van der Waals surface area contributed by atoms with Crippen molar-refractivity contribution in [3.8, 4) is 5.75 Å². The fourth-order valence-corrected chi connectivity index (χ4v) is 3.03. The summed E-state index contributed by atoms with van der Waals surface area (Å²) in [6.45, 7) is 0.844. The van der Waals surface area contributed by atoms with Crippen molar-refractivity contribution in [2.75, 3.05) is 13.0 Å². The van der Waals surface area contributed by atoms with E-state index in [0.29, 0.717) is 17.0 Å². The maximum absolute atomic E-state index is 12.7. The van der Waals surface area contributed by atoms with E-state index < -0.39 is 0 Å². The van der Waals surface area contributed by atoms with Crippen LogP contribution in [-0.4, -0.2) is 17.6 Å². The summed E-state index contributed by atoms with van der Waals surface area (Å²) in [5, 5.41) is 1.44. The molecule has 3 nitrogen and oxygen atoms in total. The summed E-state index contributed by atoms with van der Waals surface area (Å²) in [7, 11) is 1.61. The number of benzene rings is 2. The molecule has 4 heteroatoms. The number of para-hydroxylation sites is 1. The van der Waals surface area contributed by atoms with Gasteiger partial charge in [-0.2, -0.15) is 0 Å². The Kier molecular flexibility index (Phi) is 4.34. The highest BCUT2D eigenvalue weighted by Crippen LogP contribution is 2.23. The molecular weight excluding hydrogens is 298 g/mol. The van der Waals surface area contributed by atoms with Crippen molar-refractivity contribution in [2.24, 2.45) is 0 Å². The van der Waals surface area contributed by atoms with Crippen LogP contribution in [0.25, 0.3) is 21.8 Å². The van der Waals surface area contributed by atoms with E-state index in [1.165, 1.54) is 0 Å². The molecule has 0 aliphatic heterocycles. The molecule has 2 aromatic carbocycles. The van der Waals surface area contributed by atoms with E-state index in [4.69, 9.17) is 16.3 Å². The van der Waals surface area contributed by atoms with Gasteiger partial charge in [-0.25, -0.2) is 0 Å². The average molecular weight is 316 g/mol. The number of nitrogens with zero attached hydrogens (tertiary/aromatic N) is 1. The fraction of sp³-hybridized carbons (Fsp3) is 0.278. The van der Waals surface area contributed by atoms with Crippen molar-refractivity contribution in [2.45, 2.75) is 19.4 Å². The van der Waals surface area contributed by atoms with Gasteiger partial charge in [-0.1, -0.05) is 12.1 Å². The van der Waals surface area contributed by atoms with E-state index >= 15 is 0 Å². The highest BCUT2D eigenvalue weighted by molar-refractivity contribution is 6.17. The number of alkyl halides is 1. The second-order valence-corrected chi connectivity index (χ2v) is 5.66. The number of fused-ring (bicyclic) bond motifs is 2. The van der Waals surface area contributed by atoms with Crippen LogP contribution in [0.3, 0.4) is 0 Å². The van der Waals surface area contributed by atoms with Crippen LogP contribution in [0.2, 0.25) is 0 Å². The summed E-state index contributed by atoms with van der Waals surface area (Å²) in [5.41, 5.74) is 1.97.